The van der Waals surface area contributed by atoms with Crippen LogP contribution in [0.2, 0.25) is 0 Å². The van der Waals surface area contributed by atoms with E-state index in [-0.39, 0.29) is 25.7 Å². The van der Waals surface area contributed by atoms with E-state index in [1.54, 1.807) is 0 Å². The van der Waals surface area contributed by atoms with Crippen molar-refractivity contribution in [1.82, 2.24) is 0 Å². The summed E-state index contributed by atoms with van der Waals surface area (Å²) in [6, 6.07) is 0. The van der Waals surface area contributed by atoms with Crippen molar-refractivity contribution in [3.8, 4) is 0 Å². The maximum atomic E-state index is 13.1. The molecule has 0 aliphatic carbocycles. The van der Waals surface area contributed by atoms with Crippen molar-refractivity contribution in [2.24, 2.45) is 23.7 Å². The molecule has 17 nitrogen and oxygen atoms in total. The second kappa shape index (κ2) is 68.2. The zero-order valence-electron chi connectivity index (χ0n) is 64.4. The molecule has 0 aliphatic heterocycles. The van der Waals surface area contributed by atoms with Crippen molar-refractivity contribution in [1.29, 1.82) is 0 Å². The lowest BCUT2D eigenvalue weighted by molar-refractivity contribution is -0.161. The Hall–Kier alpha value is -1.94. The maximum Gasteiger partial charge on any atom is 0.472 e. The van der Waals surface area contributed by atoms with Crippen molar-refractivity contribution < 1.29 is 80.2 Å². The van der Waals surface area contributed by atoms with Crippen molar-refractivity contribution in [3.05, 3.63) is 0 Å². The molecule has 0 amide bonds. The van der Waals surface area contributed by atoms with E-state index in [0.717, 1.165) is 114 Å². The molecule has 0 rings (SSSR count). The summed E-state index contributed by atoms with van der Waals surface area (Å²) in [6.07, 6.45) is 54.1. The number of phosphoric ester groups is 2. The Bertz CT molecular complexity index is 1920. The summed E-state index contributed by atoms with van der Waals surface area (Å²) in [5.41, 5.74) is 0. The first kappa shape index (κ1) is 96.1. The number of aliphatic hydroxyl groups is 1. The van der Waals surface area contributed by atoms with Crippen LogP contribution in [0, 0.1) is 23.7 Å². The molecule has 0 heterocycles. The van der Waals surface area contributed by atoms with Crippen molar-refractivity contribution in [2.75, 3.05) is 39.6 Å². The molecule has 6 atom stereocenters. The molecule has 0 saturated carbocycles. The molecule has 0 radical (unpaired) electrons. The molecule has 0 aliphatic rings. The second-order valence-electron chi connectivity index (χ2n) is 30.1. The molecule has 0 spiro atoms. The molecule has 0 aromatic carbocycles. The van der Waals surface area contributed by atoms with Gasteiger partial charge in [-0.2, -0.15) is 0 Å². The number of phosphoric acid groups is 2. The smallest absolute Gasteiger partial charge is 0.462 e. The minimum absolute atomic E-state index is 0.106. The highest BCUT2D eigenvalue weighted by molar-refractivity contribution is 7.47. The van der Waals surface area contributed by atoms with E-state index in [0.29, 0.717) is 31.6 Å². The molecule has 0 fully saturated rings. The number of carbonyl (C=O) groups is 4. The highest BCUT2D eigenvalue weighted by Crippen LogP contribution is 2.45. The third-order valence-corrected chi connectivity index (χ3v) is 20.6. The van der Waals surface area contributed by atoms with Crippen LogP contribution in [-0.4, -0.2) is 96.7 Å². The minimum Gasteiger partial charge on any atom is -0.462 e. The predicted octanol–water partition coefficient (Wildman–Crippen LogP) is 23.2. The predicted molar refractivity (Wildman–Crippen MR) is 400 cm³/mol. The van der Waals surface area contributed by atoms with Crippen LogP contribution in [0.1, 0.15) is 402 Å². The van der Waals surface area contributed by atoms with Gasteiger partial charge in [0, 0.05) is 25.7 Å². The van der Waals surface area contributed by atoms with Gasteiger partial charge in [0.1, 0.15) is 19.3 Å². The van der Waals surface area contributed by atoms with E-state index in [9.17, 15) is 43.2 Å². The maximum absolute atomic E-state index is 13.1. The Labute approximate surface area is 600 Å². The fourth-order valence-corrected chi connectivity index (χ4v) is 13.6. The van der Waals surface area contributed by atoms with Gasteiger partial charge in [0.05, 0.1) is 26.4 Å². The van der Waals surface area contributed by atoms with E-state index in [1.807, 2.05) is 0 Å². The summed E-state index contributed by atoms with van der Waals surface area (Å²) in [4.78, 5) is 72.9. The Morgan fingerprint density at radius 3 is 0.724 bits per heavy atom. The average Bonchev–Trinajstić information content (AvgIpc) is 1.02. The van der Waals surface area contributed by atoms with Gasteiger partial charge in [-0.3, -0.25) is 37.3 Å². The molecule has 0 aromatic rings. The van der Waals surface area contributed by atoms with Crippen LogP contribution in [0.4, 0.5) is 0 Å². The van der Waals surface area contributed by atoms with Crippen molar-refractivity contribution in [3.63, 3.8) is 0 Å². The third kappa shape index (κ3) is 71.1. The molecule has 0 bridgehead atoms. The standard InChI is InChI=1S/C79H154O17P2/c1-9-72(8)58-50-42-34-26-20-12-10-11-13-22-28-36-45-53-61-78(83)96-75(66-90-77(82)60-52-44-38-30-33-41-49-57-71(6)7)68-94-98(87,88)92-64-73(80)63-91-97(85,86)93-67-74(95-79(84)62-54-46-37-29-23-17-15-19-25-32-40-48-56-70(4)5)65-89-76(81)59-51-43-35-27-21-16-14-18-24-31-39-47-55-69(2)3/h69-75,80H,9-68H2,1-8H3,(H,85,86)(H,87,88)/t72?,73?,74-,75-/m1/s1. The van der Waals surface area contributed by atoms with E-state index >= 15 is 0 Å². The third-order valence-electron chi connectivity index (χ3n) is 18.7. The fraction of sp³-hybridized carbons (Fsp3) is 0.949. The molecular weight excluding hydrogens is 1280 g/mol. The van der Waals surface area contributed by atoms with Crippen LogP contribution in [0.3, 0.4) is 0 Å². The normalized spacial score (nSPS) is 14.3. The monoisotopic (exact) mass is 1440 g/mol. The van der Waals surface area contributed by atoms with Crippen LogP contribution in [0.25, 0.3) is 0 Å². The number of unbranched alkanes of at least 4 members (excludes halogenated alkanes) is 41. The summed E-state index contributed by atoms with van der Waals surface area (Å²) in [7, 11) is -9.92. The number of ether oxygens (including phenoxy) is 4. The number of hydrogen-bond acceptors (Lipinski definition) is 15. The minimum atomic E-state index is -4.96. The SMILES string of the molecule is CCC(C)CCCCCCCCCCCCCCCCC(=O)O[C@H](COC(=O)CCCCCCCCCC(C)C)COP(=O)(O)OCC(O)COP(=O)(O)OC[C@@H](COC(=O)CCCCCCCCCCCCCCC(C)C)OC(=O)CCCCCCCCCCCCCCC(C)C. The Morgan fingerprint density at radius 1 is 0.286 bits per heavy atom. The van der Waals surface area contributed by atoms with Gasteiger partial charge in [0.15, 0.2) is 12.2 Å². The van der Waals surface area contributed by atoms with Crippen LogP contribution in [0.15, 0.2) is 0 Å². The molecule has 3 N–H and O–H groups in total. The van der Waals surface area contributed by atoms with E-state index < -0.39 is 97.5 Å². The van der Waals surface area contributed by atoms with Gasteiger partial charge in [0.25, 0.3) is 0 Å². The molecule has 582 valence electrons. The summed E-state index contributed by atoms with van der Waals surface area (Å²) in [6.45, 7) is 14.2. The molecular formula is C79H154O17P2. The summed E-state index contributed by atoms with van der Waals surface area (Å²) < 4.78 is 68.6. The van der Waals surface area contributed by atoms with Gasteiger partial charge < -0.3 is 33.8 Å². The Balaban J connectivity index is 5.25. The molecule has 19 heteroatoms. The van der Waals surface area contributed by atoms with Crippen LogP contribution >= 0.6 is 15.6 Å². The summed E-state index contributed by atoms with van der Waals surface area (Å²) in [5.74, 6) is 0.993. The number of hydrogen-bond donors (Lipinski definition) is 3. The van der Waals surface area contributed by atoms with Gasteiger partial charge in [-0.1, -0.05) is 351 Å². The highest BCUT2D eigenvalue weighted by atomic mass is 31.2. The number of aliphatic hydroxyl groups excluding tert-OH is 1. The van der Waals surface area contributed by atoms with Gasteiger partial charge in [-0.15, -0.1) is 0 Å². The quantitative estimate of drug-likeness (QED) is 0.0222. The second-order valence-corrected chi connectivity index (χ2v) is 33.0. The lowest BCUT2D eigenvalue weighted by Crippen LogP contribution is -2.30. The van der Waals surface area contributed by atoms with E-state index in [1.165, 1.54) is 199 Å². The van der Waals surface area contributed by atoms with Gasteiger partial charge in [-0.05, 0) is 49.4 Å². The molecule has 0 saturated heterocycles. The largest absolute Gasteiger partial charge is 0.472 e. The van der Waals surface area contributed by atoms with Gasteiger partial charge >= 0.3 is 39.5 Å². The number of carbonyl (C=O) groups excluding carboxylic acids is 4. The lowest BCUT2D eigenvalue weighted by Gasteiger charge is -2.21. The van der Waals surface area contributed by atoms with E-state index in [2.05, 4.69) is 55.4 Å². The Morgan fingerprint density at radius 2 is 0.490 bits per heavy atom. The highest BCUT2D eigenvalue weighted by Gasteiger charge is 2.30. The zero-order chi connectivity index (χ0) is 72.4. The van der Waals surface area contributed by atoms with Crippen LogP contribution in [-0.2, 0) is 65.4 Å². The van der Waals surface area contributed by atoms with E-state index in [4.69, 9.17) is 37.0 Å². The Kier molecular flexibility index (Phi) is 66.8. The average molecular weight is 1440 g/mol. The lowest BCUT2D eigenvalue weighted by atomic mass is 9.99. The molecule has 0 aromatic heterocycles. The first-order valence-corrected chi connectivity index (χ1v) is 43.7. The molecule has 4 unspecified atom stereocenters. The first-order chi connectivity index (χ1) is 47.1. The van der Waals surface area contributed by atoms with Crippen LogP contribution in [0.5, 0.6) is 0 Å². The summed E-state index contributed by atoms with van der Waals surface area (Å²) in [5, 5.41) is 10.6. The van der Waals surface area contributed by atoms with Gasteiger partial charge in [0.2, 0.25) is 0 Å². The first-order valence-electron chi connectivity index (χ1n) is 40.7. The number of rotatable bonds is 76. The van der Waals surface area contributed by atoms with Crippen molar-refractivity contribution in [2.45, 2.75) is 420 Å². The number of esters is 4. The molecule has 98 heavy (non-hydrogen) atoms. The van der Waals surface area contributed by atoms with Gasteiger partial charge in [-0.25, -0.2) is 9.13 Å². The van der Waals surface area contributed by atoms with Crippen molar-refractivity contribution >= 4 is 39.5 Å². The van der Waals surface area contributed by atoms with Crippen LogP contribution < -0.4 is 0 Å². The summed E-state index contributed by atoms with van der Waals surface area (Å²) >= 11 is 0. The zero-order valence-corrected chi connectivity index (χ0v) is 66.2. The topological polar surface area (TPSA) is 237 Å². The fourth-order valence-electron chi connectivity index (χ4n) is 12.0.